The first-order chi connectivity index (χ1) is 13.0. The summed E-state index contributed by atoms with van der Waals surface area (Å²) < 4.78 is 51.6. The SMILES string of the molecule is COc1cc(CCC(=O)NC(C)(C)c2noc(C)n2)ccc1OCC(F)(F)F. The third kappa shape index (κ3) is 6.14. The average Bonchev–Trinajstić information content (AvgIpc) is 3.05. The second-order valence-electron chi connectivity index (χ2n) is 6.70. The van der Waals surface area contributed by atoms with Gasteiger partial charge in [-0.1, -0.05) is 11.2 Å². The summed E-state index contributed by atoms with van der Waals surface area (Å²) in [5.41, 5.74) is -0.0819. The van der Waals surface area contributed by atoms with Crippen molar-refractivity contribution in [3.63, 3.8) is 0 Å². The van der Waals surface area contributed by atoms with E-state index in [0.717, 1.165) is 5.56 Å². The van der Waals surface area contributed by atoms with Crippen LogP contribution in [0, 0.1) is 6.92 Å². The fraction of sp³-hybridized carbons (Fsp3) is 0.500. The van der Waals surface area contributed by atoms with Crippen molar-refractivity contribution in [3.8, 4) is 11.5 Å². The molecule has 10 heteroatoms. The Morgan fingerprint density at radius 1 is 1.25 bits per heavy atom. The molecule has 0 aliphatic rings. The summed E-state index contributed by atoms with van der Waals surface area (Å²) >= 11 is 0. The highest BCUT2D eigenvalue weighted by molar-refractivity contribution is 5.77. The van der Waals surface area contributed by atoms with Gasteiger partial charge in [0.1, 0.15) is 0 Å². The van der Waals surface area contributed by atoms with Gasteiger partial charge >= 0.3 is 6.18 Å². The molecule has 0 saturated carbocycles. The molecule has 154 valence electrons. The summed E-state index contributed by atoms with van der Waals surface area (Å²) in [6, 6.07) is 4.53. The molecule has 0 fully saturated rings. The minimum absolute atomic E-state index is 0.0124. The van der Waals surface area contributed by atoms with Gasteiger partial charge in [0.2, 0.25) is 11.8 Å². The van der Waals surface area contributed by atoms with E-state index >= 15 is 0 Å². The molecule has 2 rings (SSSR count). The van der Waals surface area contributed by atoms with Crippen molar-refractivity contribution in [2.24, 2.45) is 0 Å². The van der Waals surface area contributed by atoms with E-state index in [9.17, 15) is 18.0 Å². The highest BCUT2D eigenvalue weighted by Crippen LogP contribution is 2.30. The molecule has 1 N–H and O–H groups in total. The number of aromatic nitrogens is 2. The molecule has 1 amide bonds. The first-order valence-electron chi connectivity index (χ1n) is 8.48. The molecule has 0 saturated heterocycles. The van der Waals surface area contributed by atoms with Crippen molar-refractivity contribution in [2.45, 2.75) is 45.3 Å². The lowest BCUT2D eigenvalue weighted by atomic mass is 10.0. The van der Waals surface area contributed by atoms with E-state index in [1.54, 1.807) is 32.9 Å². The van der Waals surface area contributed by atoms with Gasteiger partial charge in [0, 0.05) is 13.3 Å². The van der Waals surface area contributed by atoms with Gasteiger partial charge < -0.3 is 19.3 Å². The van der Waals surface area contributed by atoms with Crippen LogP contribution in [0.25, 0.3) is 0 Å². The number of carbonyl (C=O) groups is 1. The number of nitrogens with one attached hydrogen (secondary N) is 1. The molecule has 1 aromatic heterocycles. The Kier molecular flexibility index (Phi) is 6.52. The van der Waals surface area contributed by atoms with E-state index in [4.69, 9.17) is 14.0 Å². The molecule has 0 bridgehead atoms. The van der Waals surface area contributed by atoms with Crippen LogP contribution in [0.15, 0.2) is 22.7 Å². The number of carbonyl (C=O) groups excluding carboxylic acids is 1. The fourth-order valence-electron chi connectivity index (χ4n) is 2.42. The van der Waals surface area contributed by atoms with Gasteiger partial charge in [-0.2, -0.15) is 18.2 Å². The summed E-state index contributed by atoms with van der Waals surface area (Å²) in [6.45, 7) is 3.76. The molecule has 0 unspecified atom stereocenters. The van der Waals surface area contributed by atoms with E-state index in [-0.39, 0.29) is 23.8 Å². The Balaban J connectivity index is 1.95. The maximum absolute atomic E-state index is 12.3. The Bertz CT molecular complexity index is 819. The van der Waals surface area contributed by atoms with Gasteiger partial charge in [0.05, 0.1) is 12.6 Å². The molecule has 1 aromatic carbocycles. The standard InChI is InChI=1S/C18H22F3N3O4/c1-11-22-16(24-28-11)17(2,3)23-15(25)8-6-12-5-7-13(14(9-12)26-4)27-10-18(19,20)21/h5,7,9H,6,8,10H2,1-4H3,(H,23,25). The van der Waals surface area contributed by atoms with Crippen LogP contribution in [0.5, 0.6) is 11.5 Å². The van der Waals surface area contributed by atoms with Crippen LogP contribution in [-0.2, 0) is 16.8 Å². The number of rotatable bonds is 8. The zero-order valence-electron chi connectivity index (χ0n) is 16.0. The van der Waals surface area contributed by atoms with Crippen LogP contribution in [0.1, 0.15) is 37.5 Å². The van der Waals surface area contributed by atoms with Crippen molar-refractivity contribution < 1.29 is 32.0 Å². The number of nitrogens with zero attached hydrogens (tertiary/aromatic N) is 2. The lowest BCUT2D eigenvalue weighted by Crippen LogP contribution is -2.42. The molecule has 7 nitrogen and oxygen atoms in total. The Morgan fingerprint density at radius 2 is 1.96 bits per heavy atom. The average molecular weight is 401 g/mol. The number of halogens is 3. The summed E-state index contributed by atoms with van der Waals surface area (Å²) in [5, 5.41) is 6.64. The Hall–Kier alpha value is -2.78. The Labute approximate surface area is 160 Å². The molecule has 0 atom stereocenters. The summed E-state index contributed by atoms with van der Waals surface area (Å²) in [4.78, 5) is 16.4. The molecular formula is C18H22F3N3O4. The van der Waals surface area contributed by atoms with Crippen LogP contribution < -0.4 is 14.8 Å². The minimum Gasteiger partial charge on any atom is -0.493 e. The number of amides is 1. The van der Waals surface area contributed by atoms with Crippen LogP contribution in [0.4, 0.5) is 13.2 Å². The highest BCUT2D eigenvalue weighted by atomic mass is 19.4. The predicted octanol–water partition coefficient (Wildman–Crippen LogP) is 3.31. The highest BCUT2D eigenvalue weighted by Gasteiger charge is 2.29. The topological polar surface area (TPSA) is 86.5 Å². The minimum atomic E-state index is -4.44. The molecule has 28 heavy (non-hydrogen) atoms. The largest absolute Gasteiger partial charge is 0.493 e. The van der Waals surface area contributed by atoms with E-state index in [1.807, 2.05) is 0 Å². The first kappa shape index (κ1) is 21.5. The fourth-order valence-corrected chi connectivity index (χ4v) is 2.42. The maximum atomic E-state index is 12.3. The molecule has 2 aromatic rings. The first-order valence-corrected chi connectivity index (χ1v) is 8.48. The predicted molar refractivity (Wildman–Crippen MR) is 93.1 cm³/mol. The van der Waals surface area contributed by atoms with Crippen LogP contribution in [-0.4, -0.2) is 35.9 Å². The van der Waals surface area contributed by atoms with Crippen molar-refractivity contribution in [3.05, 3.63) is 35.5 Å². The van der Waals surface area contributed by atoms with Crippen molar-refractivity contribution in [1.82, 2.24) is 15.5 Å². The monoisotopic (exact) mass is 401 g/mol. The van der Waals surface area contributed by atoms with Crippen molar-refractivity contribution >= 4 is 5.91 Å². The molecule has 1 heterocycles. The molecular weight excluding hydrogens is 379 g/mol. The summed E-state index contributed by atoms with van der Waals surface area (Å²) in [6.07, 6.45) is -3.92. The lowest BCUT2D eigenvalue weighted by molar-refractivity contribution is -0.153. The van der Waals surface area contributed by atoms with Crippen LogP contribution in [0.3, 0.4) is 0 Å². The Morgan fingerprint density at radius 3 is 2.54 bits per heavy atom. The number of ether oxygens (including phenoxy) is 2. The normalized spacial score (nSPS) is 12.0. The quantitative estimate of drug-likeness (QED) is 0.730. The maximum Gasteiger partial charge on any atom is 0.422 e. The summed E-state index contributed by atoms with van der Waals surface area (Å²) in [5.74, 6) is 0.693. The van der Waals surface area contributed by atoms with Gasteiger partial charge in [-0.15, -0.1) is 0 Å². The molecule has 0 spiro atoms. The second-order valence-corrected chi connectivity index (χ2v) is 6.70. The number of hydrogen-bond acceptors (Lipinski definition) is 6. The number of alkyl halides is 3. The lowest BCUT2D eigenvalue weighted by Gasteiger charge is -2.22. The van der Waals surface area contributed by atoms with Crippen LogP contribution in [0.2, 0.25) is 0 Å². The van der Waals surface area contributed by atoms with E-state index in [0.29, 0.717) is 18.1 Å². The third-order valence-electron chi connectivity index (χ3n) is 3.80. The van der Waals surface area contributed by atoms with E-state index < -0.39 is 18.3 Å². The van der Waals surface area contributed by atoms with Gasteiger partial charge in [0.15, 0.2) is 23.9 Å². The number of methoxy groups -OCH3 is 1. The summed E-state index contributed by atoms with van der Waals surface area (Å²) in [7, 11) is 1.34. The van der Waals surface area contributed by atoms with Crippen molar-refractivity contribution in [1.29, 1.82) is 0 Å². The molecule has 0 aliphatic carbocycles. The smallest absolute Gasteiger partial charge is 0.422 e. The number of aryl methyl sites for hydroxylation is 2. The van der Waals surface area contributed by atoms with Gasteiger partial charge in [-0.05, 0) is 38.0 Å². The van der Waals surface area contributed by atoms with Gasteiger partial charge in [-0.3, -0.25) is 4.79 Å². The van der Waals surface area contributed by atoms with E-state index in [2.05, 4.69) is 15.5 Å². The molecule has 0 aliphatic heterocycles. The van der Waals surface area contributed by atoms with Gasteiger partial charge in [-0.25, -0.2) is 0 Å². The second kappa shape index (κ2) is 8.49. The number of hydrogen-bond donors (Lipinski definition) is 1. The van der Waals surface area contributed by atoms with Gasteiger partial charge in [0.25, 0.3) is 0 Å². The van der Waals surface area contributed by atoms with Crippen molar-refractivity contribution in [2.75, 3.05) is 13.7 Å². The van der Waals surface area contributed by atoms with E-state index in [1.165, 1.54) is 13.2 Å². The number of benzene rings is 1. The molecule has 0 radical (unpaired) electrons. The zero-order chi connectivity index (χ0) is 20.9. The third-order valence-corrected chi connectivity index (χ3v) is 3.80. The van der Waals surface area contributed by atoms with Crippen LogP contribution >= 0.6 is 0 Å². The zero-order valence-corrected chi connectivity index (χ0v) is 16.0.